The lowest BCUT2D eigenvalue weighted by Gasteiger charge is -2.23. The van der Waals surface area contributed by atoms with Gasteiger partial charge in [0.1, 0.15) is 5.75 Å². The summed E-state index contributed by atoms with van der Waals surface area (Å²) in [5, 5.41) is 2.89. The van der Waals surface area contributed by atoms with Gasteiger partial charge in [-0.15, -0.1) is 0 Å². The largest absolute Gasteiger partial charge is 0.497 e. The van der Waals surface area contributed by atoms with E-state index in [0.29, 0.717) is 30.9 Å². The van der Waals surface area contributed by atoms with Gasteiger partial charge < -0.3 is 15.0 Å². The molecule has 0 saturated carbocycles. The average molecular weight is 420 g/mol. The van der Waals surface area contributed by atoms with Gasteiger partial charge in [0.2, 0.25) is 15.9 Å². The topological polar surface area (TPSA) is 79.0 Å². The normalized spacial score (nSPS) is 11.0. The highest BCUT2D eigenvalue weighted by Crippen LogP contribution is 2.23. The maximum absolute atomic E-state index is 12.2. The van der Waals surface area contributed by atoms with Crippen molar-refractivity contribution in [1.82, 2.24) is 5.32 Å². The molecule has 0 aliphatic heterocycles. The molecule has 1 amide bonds. The fourth-order valence-electron chi connectivity index (χ4n) is 2.90. The Labute approximate surface area is 173 Å². The molecule has 0 atom stereocenters. The minimum absolute atomic E-state index is 0.0921. The number of amides is 1. The van der Waals surface area contributed by atoms with Crippen molar-refractivity contribution in [2.45, 2.75) is 12.8 Å². The number of likely N-dealkylation sites (N-methyl/N-ethyl adjacent to an activating group) is 1. The Morgan fingerprint density at radius 1 is 1.03 bits per heavy atom. The maximum atomic E-state index is 12.2. The molecule has 1 N–H and O–H groups in total. The summed E-state index contributed by atoms with van der Waals surface area (Å²) < 4.78 is 30.8. The Hall–Kier alpha value is -2.74. The number of carbonyl (C=O) groups excluding carboxylic acids is 1. The van der Waals surface area contributed by atoms with Crippen LogP contribution in [0.4, 0.5) is 11.4 Å². The number of carbonyl (C=O) groups is 1. The highest BCUT2D eigenvalue weighted by Gasteiger charge is 2.18. The number of anilines is 2. The molecule has 0 aliphatic carbocycles. The Morgan fingerprint density at radius 3 is 2.38 bits per heavy atom. The first-order valence-corrected chi connectivity index (χ1v) is 11.3. The second kappa shape index (κ2) is 10.7. The van der Waals surface area contributed by atoms with Crippen LogP contribution in [0.25, 0.3) is 0 Å². The molecule has 7 nitrogen and oxygen atoms in total. The van der Waals surface area contributed by atoms with Gasteiger partial charge in [-0.1, -0.05) is 24.3 Å². The molecular formula is C21H29N3O4S. The zero-order valence-corrected chi connectivity index (χ0v) is 18.0. The van der Waals surface area contributed by atoms with Gasteiger partial charge in [-0.25, -0.2) is 8.42 Å². The summed E-state index contributed by atoms with van der Waals surface area (Å²) >= 11 is 0. The molecule has 0 aliphatic rings. The molecule has 0 bridgehead atoms. The van der Waals surface area contributed by atoms with Crippen molar-refractivity contribution < 1.29 is 17.9 Å². The molecule has 158 valence electrons. The van der Waals surface area contributed by atoms with Gasteiger partial charge in [0.05, 0.1) is 19.1 Å². The van der Waals surface area contributed by atoms with Crippen LogP contribution in [0.2, 0.25) is 0 Å². The SMILES string of the molecule is COc1cccc(N(CCCC(=O)NCCN(C)c2ccccc2)S(C)(=O)=O)c1. The second-order valence-corrected chi connectivity index (χ2v) is 8.65. The van der Waals surface area contributed by atoms with Gasteiger partial charge in [0.15, 0.2) is 0 Å². The molecule has 0 radical (unpaired) electrons. The third kappa shape index (κ3) is 7.30. The van der Waals surface area contributed by atoms with Gasteiger partial charge in [0, 0.05) is 44.9 Å². The smallest absolute Gasteiger partial charge is 0.232 e. The van der Waals surface area contributed by atoms with Crippen LogP contribution in [0.1, 0.15) is 12.8 Å². The average Bonchev–Trinajstić information content (AvgIpc) is 2.71. The lowest BCUT2D eigenvalue weighted by Crippen LogP contribution is -2.34. The Morgan fingerprint density at radius 2 is 1.72 bits per heavy atom. The third-order valence-electron chi connectivity index (χ3n) is 4.47. The zero-order valence-electron chi connectivity index (χ0n) is 17.2. The highest BCUT2D eigenvalue weighted by molar-refractivity contribution is 7.92. The van der Waals surface area contributed by atoms with Gasteiger partial charge in [0.25, 0.3) is 0 Å². The van der Waals surface area contributed by atoms with E-state index in [1.54, 1.807) is 24.3 Å². The summed E-state index contributed by atoms with van der Waals surface area (Å²) in [6.07, 6.45) is 1.83. The number of nitrogens with one attached hydrogen (secondary N) is 1. The fraction of sp³-hybridized carbons (Fsp3) is 0.381. The van der Waals surface area contributed by atoms with Crippen LogP contribution < -0.4 is 19.3 Å². The van der Waals surface area contributed by atoms with Crippen molar-refractivity contribution >= 4 is 27.3 Å². The summed E-state index contributed by atoms with van der Waals surface area (Å²) in [6.45, 7) is 1.44. The Balaban J connectivity index is 1.80. The van der Waals surface area contributed by atoms with Crippen LogP contribution in [-0.2, 0) is 14.8 Å². The van der Waals surface area contributed by atoms with Crippen molar-refractivity contribution in [3.05, 3.63) is 54.6 Å². The van der Waals surface area contributed by atoms with Crippen LogP contribution in [0.15, 0.2) is 54.6 Å². The molecule has 2 aromatic rings. The van der Waals surface area contributed by atoms with E-state index in [1.165, 1.54) is 11.4 Å². The molecule has 0 aromatic heterocycles. The van der Waals surface area contributed by atoms with Crippen LogP contribution in [0.5, 0.6) is 5.75 Å². The molecule has 8 heteroatoms. The molecule has 0 saturated heterocycles. The number of hydrogen-bond donors (Lipinski definition) is 1. The van der Waals surface area contributed by atoms with E-state index in [9.17, 15) is 13.2 Å². The summed E-state index contributed by atoms with van der Waals surface area (Å²) in [6, 6.07) is 16.8. The van der Waals surface area contributed by atoms with Gasteiger partial charge in [-0.2, -0.15) is 0 Å². The number of benzene rings is 2. The van der Waals surface area contributed by atoms with Crippen LogP contribution in [0, 0.1) is 0 Å². The monoisotopic (exact) mass is 419 g/mol. The van der Waals surface area contributed by atoms with E-state index in [-0.39, 0.29) is 18.9 Å². The second-order valence-electron chi connectivity index (χ2n) is 6.75. The lowest BCUT2D eigenvalue weighted by atomic mass is 10.2. The van der Waals surface area contributed by atoms with E-state index in [2.05, 4.69) is 10.2 Å². The van der Waals surface area contributed by atoms with Crippen molar-refractivity contribution in [2.75, 3.05) is 49.3 Å². The molecular weight excluding hydrogens is 390 g/mol. The molecule has 2 aromatic carbocycles. The minimum atomic E-state index is -3.46. The predicted molar refractivity (Wildman–Crippen MR) is 117 cm³/mol. The number of para-hydroxylation sites is 1. The number of rotatable bonds is 11. The van der Waals surface area contributed by atoms with Crippen LogP contribution in [0.3, 0.4) is 0 Å². The quantitative estimate of drug-likeness (QED) is 0.605. The summed E-state index contributed by atoms with van der Waals surface area (Å²) in [5.41, 5.74) is 1.61. The summed E-state index contributed by atoms with van der Waals surface area (Å²) in [7, 11) is 0.0427. The fourth-order valence-corrected chi connectivity index (χ4v) is 3.86. The zero-order chi connectivity index (χ0) is 21.3. The van der Waals surface area contributed by atoms with E-state index >= 15 is 0 Å². The molecule has 0 heterocycles. The first-order valence-electron chi connectivity index (χ1n) is 9.46. The minimum Gasteiger partial charge on any atom is -0.497 e. The third-order valence-corrected chi connectivity index (χ3v) is 5.67. The summed E-state index contributed by atoms with van der Waals surface area (Å²) in [5.74, 6) is 0.488. The van der Waals surface area contributed by atoms with Crippen molar-refractivity contribution in [3.8, 4) is 5.75 Å². The van der Waals surface area contributed by atoms with E-state index in [0.717, 1.165) is 11.9 Å². The molecule has 0 fully saturated rings. The van der Waals surface area contributed by atoms with Gasteiger partial charge in [-0.05, 0) is 30.7 Å². The standard InChI is InChI=1S/C21H29N3O4S/c1-23(18-9-5-4-6-10-18)16-14-22-21(25)13-8-15-24(29(3,26)27)19-11-7-12-20(17-19)28-2/h4-7,9-12,17H,8,13-16H2,1-3H3,(H,22,25). The Bertz CT molecular complexity index is 888. The number of nitrogens with zero attached hydrogens (tertiary/aromatic N) is 2. The molecule has 29 heavy (non-hydrogen) atoms. The van der Waals surface area contributed by atoms with Crippen molar-refractivity contribution in [2.24, 2.45) is 0 Å². The van der Waals surface area contributed by atoms with E-state index in [1.807, 2.05) is 37.4 Å². The molecule has 2 rings (SSSR count). The maximum Gasteiger partial charge on any atom is 0.232 e. The van der Waals surface area contributed by atoms with Crippen molar-refractivity contribution in [1.29, 1.82) is 0 Å². The van der Waals surface area contributed by atoms with Crippen LogP contribution in [-0.4, -0.2) is 54.4 Å². The molecule has 0 unspecified atom stereocenters. The van der Waals surface area contributed by atoms with Crippen LogP contribution >= 0.6 is 0 Å². The van der Waals surface area contributed by atoms with E-state index < -0.39 is 10.0 Å². The van der Waals surface area contributed by atoms with E-state index in [4.69, 9.17) is 4.74 Å². The molecule has 0 spiro atoms. The number of sulfonamides is 1. The number of hydrogen-bond acceptors (Lipinski definition) is 5. The highest BCUT2D eigenvalue weighted by atomic mass is 32.2. The lowest BCUT2D eigenvalue weighted by molar-refractivity contribution is -0.121. The van der Waals surface area contributed by atoms with Gasteiger partial charge >= 0.3 is 0 Å². The first kappa shape index (κ1) is 22.5. The van der Waals surface area contributed by atoms with Crippen molar-refractivity contribution in [3.63, 3.8) is 0 Å². The predicted octanol–water partition coefficient (Wildman–Crippen LogP) is 2.49. The summed E-state index contributed by atoms with van der Waals surface area (Å²) in [4.78, 5) is 14.2. The van der Waals surface area contributed by atoms with Gasteiger partial charge in [-0.3, -0.25) is 9.10 Å². The first-order chi connectivity index (χ1) is 13.8. The Kier molecular flexibility index (Phi) is 8.33. The number of methoxy groups -OCH3 is 1. The number of ether oxygens (including phenoxy) is 1.